The van der Waals surface area contributed by atoms with Crippen LogP contribution >= 0.6 is 0 Å². The number of hydrogen-bond donors (Lipinski definition) is 1. The molecule has 1 aromatic heterocycles. The molecular weight excluding hydrogens is 238 g/mol. The van der Waals surface area contributed by atoms with Crippen LogP contribution in [0.25, 0.3) is 10.9 Å². The molecule has 0 aliphatic heterocycles. The highest BCUT2D eigenvalue weighted by atomic mass is 19.4. The van der Waals surface area contributed by atoms with Gasteiger partial charge in [-0.3, -0.25) is 0 Å². The molecule has 2 aromatic rings. The Kier molecular flexibility index (Phi) is 2.60. The average Bonchev–Trinajstić information content (AvgIpc) is 2.26. The molecule has 0 radical (unpaired) electrons. The Morgan fingerprint density at radius 1 is 1.18 bits per heavy atom. The predicted molar refractivity (Wildman–Crippen MR) is 54.0 cm³/mol. The number of nitrogens with one attached hydrogen (secondary N) is 1. The summed E-state index contributed by atoms with van der Waals surface area (Å²) in [5.41, 5.74) is 0.0399. The number of nitrogens with zero attached hydrogens (tertiary/aromatic N) is 2. The van der Waals surface area contributed by atoms with Crippen LogP contribution in [0.4, 0.5) is 23.4 Å². The van der Waals surface area contributed by atoms with Crippen LogP contribution in [0.3, 0.4) is 0 Å². The third kappa shape index (κ3) is 2.13. The Balaban J connectivity index is 2.75. The minimum atomic E-state index is -4.63. The molecule has 0 saturated heterocycles. The maximum Gasteiger partial charge on any atom is 0.451 e. The van der Waals surface area contributed by atoms with Gasteiger partial charge in [-0.25, -0.2) is 14.4 Å². The predicted octanol–water partition coefficient (Wildman–Crippen LogP) is 2.83. The lowest BCUT2D eigenvalue weighted by Crippen LogP contribution is -2.12. The van der Waals surface area contributed by atoms with Crippen molar-refractivity contribution >= 4 is 16.7 Å². The van der Waals surface area contributed by atoms with Gasteiger partial charge in [0.25, 0.3) is 0 Å². The molecule has 0 fully saturated rings. The maximum absolute atomic E-state index is 13.0. The second-order valence-corrected chi connectivity index (χ2v) is 3.31. The highest BCUT2D eigenvalue weighted by Crippen LogP contribution is 2.30. The zero-order valence-corrected chi connectivity index (χ0v) is 8.64. The SMILES string of the molecule is CNc1nc(C(F)(F)F)nc2ccc(F)cc12. The van der Waals surface area contributed by atoms with Crippen LogP contribution in [0, 0.1) is 5.82 Å². The Bertz CT molecular complexity index is 565. The van der Waals surface area contributed by atoms with Gasteiger partial charge in [0.1, 0.15) is 11.6 Å². The summed E-state index contributed by atoms with van der Waals surface area (Å²) >= 11 is 0. The molecule has 0 spiro atoms. The van der Waals surface area contributed by atoms with Crippen molar-refractivity contribution in [2.75, 3.05) is 12.4 Å². The Morgan fingerprint density at radius 3 is 2.47 bits per heavy atom. The third-order valence-electron chi connectivity index (χ3n) is 2.15. The highest BCUT2D eigenvalue weighted by Gasteiger charge is 2.35. The summed E-state index contributed by atoms with van der Waals surface area (Å²) in [5, 5.41) is 2.70. The van der Waals surface area contributed by atoms with E-state index in [1.54, 1.807) is 0 Å². The molecule has 0 atom stereocenters. The van der Waals surface area contributed by atoms with E-state index in [9.17, 15) is 17.6 Å². The summed E-state index contributed by atoms with van der Waals surface area (Å²) in [7, 11) is 1.41. The van der Waals surface area contributed by atoms with Gasteiger partial charge < -0.3 is 5.32 Å². The topological polar surface area (TPSA) is 37.8 Å². The molecule has 0 bridgehead atoms. The van der Waals surface area contributed by atoms with E-state index < -0.39 is 17.8 Å². The maximum atomic E-state index is 13.0. The Labute approximate surface area is 93.5 Å². The Morgan fingerprint density at radius 2 is 1.88 bits per heavy atom. The number of halogens is 4. The van der Waals surface area contributed by atoms with E-state index in [0.717, 1.165) is 12.1 Å². The number of benzene rings is 1. The molecule has 1 aromatic carbocycles. The van der Waals surface area contributed by atoms with E-state index in [0.29, 0.717) is 0 Å². The summed E-state index contributed by atoms with van der Waals surface area (Å²) in [5.74, 6) is -1.86. The first-order chi connectivity index (χ1) is 7.91. The molecule has 1 N–H and O–H groups in total. The Hall–Kier alpha value is -1.92. The number of alkyl halides is 3. The van der Waals surface area contributed by atoms with Gasteiger partial charge in [-0.1, -0.05) is 0 Å². The molecule has 90 valence electrons. The first-order valence-corrected chi connectivity index (χ1v) is 4.64. The van der Waals surface area contributed by atoms with Crippen LogP contribution in [-0.4, -0.2) is 17.0 Å². The van der Waals surface area contributed by atoms with E-state index in [-0.39, 0.29) is 16.7 Å². The molecule has 0 aliphatic rings. The number of rotatable bonds is 1. The van der Waals surface area contributed by atoms with E-state index in [1.165, 1.54) is 13.1 Å². The first-order valence-electron chi connectivity index (χ1n) is 4.64. The van der Waals surface area contributed by atoms with Crippen molar-refractivity contribution in [3.8, 4) is 0 Å². The van der Waals surface area contributed by atoms with Crippen LogP contribution in [0.5, 0.6) is 0 Å². The smallest absolute Gasteiger partial charge is 0.373 e. The largest absolute Gasteiger partial charge is 0.451 e. The fourth-order valence-electron chi connectivity index (χ4n) is 1.42. The average molecular weight is 245 g/mol. The van der Waals surface area contributed by atoms with Gasteiger partial charge >= 0.3 is 6.18 Å². The number of hydrogen-bond acceptors (Lipinski definition) is 3. The van der Waals surface area contributed by atoms with Crippen LogP contribution in [0.2, 0.25) is 0 Å². The standard InChI is InChI=1S/C10H7F4N3/c1-15-8-6-4-5(11)2-3-7(6)16-9(17-8)10(12,13)14/h2-4H,1H3,(H,15,16,17). The second kappa shape index (κ2) is 3.83. The number of aromatic nitrogens is 2. The van der Waals surface area contributed by atoms with Gasteiger partial charge in [-0.15, -0.1) is 0 Å². The zero-order chi connectivity index (χ0) is 12.6. The molecule has 3 nitrogen and oxygen atoms in total. The minimum Gasteiger partial charge on any atom is -0.373 e. The molecule has 17 heavy (non-hydrogen) atoms. The number of anilines is 1. The molecule has 0 aliphatic carbocycles. The first kappa shape index (κ1) is 11.6. The van der Waals surface area contributed by atoms with Gasteiger partial charge in [0.05, 0.1) is 5.52 Å². The van der Waals surface area contributed by atoms with Crippen molar-refractivity contribution in [3.05, 3.63) is 29.8 Å². The lowest BCUT2D eigenvalue weighted by atomic mass is 10.2. The van der Waals surface area contributed by atoms with E-state index in [2.05, 4.69) is 15.3 Å². The fourth-order valence-corrected chi connectivity index (χ4v) is 1.42. The molecule has 1 heterocycles. The molecule has 2 rings (SSSR count). The molecular formula is C10H7F4N3. The normalized spacial score (nSPS) is 11.8. The third-order valence-corrected chi connectivity index (χ3v) is 2.15. The van der Waals surface area contributed by atoms with Gasteiger partial charge in [-0.05, 0) is 18.2 Å². The van der Waals surface area contributed by atoms with E-state index in [4.69, 9.17) is 0 Å². The van der Waals surface area contributed by atoms with Gasteiger partial charge in [0.2, 0.25) is 5.82 Å². The highest BCUT2D eigenvalue weighted by molar-refractivity contribution is 5.89. The van der Waals surface area contributed by atoms with Crippen LogP contribution in [-0.2, 0) is 6.18 Å². The monoisotopic (exact) mass is 245 g/mol. The van der Waals surface area contributed by atoms with Crippen LogP contribution < -0.4 is 5.32 Å². The van der Waals surface area contributed by atoms with Crippen molar-refractivity contribution in [3.63, 3.8) is 0 Å². The summed E-state index contributed by atoms with van der Waals surface area (Å²) in [4.78, 5) is 6.67. The lowest BCUT2D eigenvalue weighted by molar-refractivity contribution is -0.144. The lowest BCUT2D eigenvalue weighted by Gasteiger charge is -2.09. The summed E-state index contributed by atoms with van der Waals surface area (Å²) in [6.07, 6.45) is -4.63. The fraction of sp³-hybridized carbons (Fsp3) is 0.200. The number of fused-ring (bicyclic) bond motifs is 1. The summed E-state index contributed by atoms with van der Waals surface area (Å²) < 4.78 is 50.4. The van der Waals surface area contributed by atoms with Crippen molar-refractivity contribution < 1.29 is 17.6 Å². The molecule has 0 amide bonds. The van der Waals surface area contributed by atoms with E-state index >= 15 is 0 Å². The van der Waals surface area contributed by atoms with Crippen LogP contribution in [0.15, 0.2) is 18.2 Å². The van der Waals surface area contributed by atoms with Crippen LogP contribution in [0.1, 0.15) is 5.82 Å². The minimum absolute atomic E-state index is 0.0399. The quantitative estimate of drug-likeness (QED) is 0.785. The summed E-state index contributed by atoms with van der Waals surface area (Å²) in [6, 6.07) is 3.32. The zero-order valence-electron chi connectivity index (χ0n) is 8.64. The second-order valence-electron chi connectivity index (χ2n) is 3.31. The van der Waals surface area contributed by atoms with Crippen molar-refractivity contribution in [2.24, 2.45) is 0 Å². The summed E-state index contributed by atoms with van der Waals surface area (Å²) in [6.45, 7) is 0. The van der Waals surface area contributed by atoms with Gasteiger partial charge in [0, 0.05) is 12.4 Å². The van der Waals surface area contributed by atoms with Gasteiger partial charge in [-0.2, -0.15) is 13.2 Å². The van der Waals surface area contributed by atoms with Crippen molar-refractivity contribution in [2.45, 2.75) is 6.18 Å². The molecule has 7 heteroatoms. The molecule has 0 unspecified atom stereocenters. The van der Waals surface area contributed by atoms with Gasteiger partial charge in [0.15, 0.2) is 0 Å². The van der Waals surface area contributed by atoms with Crippen molar-refractivity contribution in [1.82, 2.24) is 9.97 Å². The van der Waals surface area contributed by atoms with Crippen molar-refractivity contribution in [1.29, 1.82) is 0 Å². The van der Waals surface area contributed by atoms with E-state index in [1.807, 2.05) is 0 Å². The molecule has 0 saturated carbocycles.